The van der Waals surface area contributed by atoms with Gasteiger partial charge in [-0.3, -0.25) is 0 Å². The van der Waals surface area contributed by atoms with Crippen LogP contribution >= 0.6 is 22.6 Å². The van der Waals surface area contributed by atoms with E-state index < -0.39 is 22.0 Å². The van der Waals surface area contributed by atoms with Crippen molar-refractivity contribution in [3.63, 3.8) is 0 Å². The van der Waals surface area contributed by atoms with Crippen LogP contribution in [-0.4, -0.2) is 48.1 Å². The van der Waals surface area contributed by atoms with Gasteiger partial charge in [0, 0.05) is 16.2 Å². The van der Waals surface area contributed by atoms with Crippen molar-refractivity contribution in [3.8, 4) is 0 Å². The van der Waals surface area contributed by atoms with Gasteiger partial charge in [-0.1, -0.05) is 0 Å². The summed E-state index contributed by atoms with van der Waals surface area (Å²) in [7, 11) is -3.77. The van der Waals surface area contributed by atoms with E-state index in [-0.39, 0.29) is 17.1 Å². The van der Waals surface area contributed by atoms with Gasteiger partial charge in [-0.25, -0.2) is 13.2 Å². The van der Waals surface area contributed by atoms with Gasteiger partial charge in [0.15, 0.2) is 0 Å². The Kier molecular flexibility index (Phi) is 4.67. The van der Waals surface area contributed by atoms with E-state index in [1.165, 1.54) is 22.5 Å². The molecule has 6 nitrogen and oxygen atoms in total. The molecular formula is C12H14INO5S. The van der Waals surface area contributed by atoms with Crippen molar-refractivity contribution >= 4 is 38.6 Å². The Morgan fingerprint density at radius 1 is 1.45 bits per heavy atom. The second-order valence-electron chi connectivity index (χ2n) is 4.54. The van der Waals surface area contributed by atoms with Crippen molar-refractivity contribution in [1.82, 2.24) is 4.31 Å². The normalized spacial score (nSPS) is 20.2. The number of nitrogens with zero attached hydrogens (tertiary/aromatic N) is 1. The lowest BCUT2D eigenvalue weighted by atomic mass is 10.2. The zero-order valence-corrected chi connectivity index (χ0v) is 13.5. The van der Waals surface area contributed by atoms with E-state index in [0.717, 1.165) is 0 Å². The highest BCUT2D eigenvalue weighted by Gasteiger charge is 2.35. The molecule has 2 N–H and O–H groups in total. The van der Waals surface area contributed by atoms with Gasteiger partial charge < -0.3 is 10.2 Å². The molecule has 1 fully saturated rings. The predicted octanol–water partition coefficient (Wildman–Crippen LogP) is 1.13. The molecule has 0 spiro atoms. The summed E-state index contributed by atoms with van der Waals surface area (Å²) in [5.41, 5.74) is -0.0357. The van der Waals surface area contributed by atoms with E-state index in [1.54, 1.807) is 0 Å². The lowest BCUT2D eigenvalue weighted by molar-refractivity contribution is 0.0695. The van der Waals surface area contributed by atoms with Gasteiger partial charge >= 0.3 is 5.97 Å². The first-order valence-corrected chi connectivity index (χ1v) is 8.55. The first-order valence-electron chi connectivity index (χ1n) is 6.03. The standard InChI is InChI=1S/C12H14INO5S/c13-11-4-3-9(6-10(11)12(16)17)20(18,19)14-5-1-2-8(14)7-15/h3-4,6,8,15H,1-2,5,7H2,(H,16,17). The molecule has 1 aromatic rings. The molecule has 0 saturated carbocycles. The molecule has 1 atom stereocenters. The number of carboxylic acid groups (broad SMARTS) is 1. The number of aliphatic hydroxyl groups is 1. The molecule has 110 valence electrons. The van der Waals surface area contributed by atoms with E-state index in [1.807, 2.05) is 22.6 Å². The van der Waals surface area contributed by atoms with Gasteiger partial charge in [0.25, 0.3) is 0 Å². The highest BCUT2D eigenvalue weighted by atomic mass is 127. The highest BCUT2D eigenvalue weighted by molar-refractivity contribution is 14.1. The Balaban J connectivity index is 2.44. The number of carboxylic acids is 1. The summed E-state index contributed by atoms with van der Waals surface area (Å²) < 4.78 is 26.8. The molecule has 1 unspecified atom stereocenters. The maximum Gasteiger partial charge on any atom is 0.336 e. The van der Waals surface area contributed by atoms with Crippen LogP contribution in [0.25, 0.3) is 0 Å². The molecule has 2 rings (SSSR count). The molecule has 20 heavy (non-hydrogen) atoms. The fourth-order valence-corrected chi connectivity index (χ4v) is 4.55. The minimum Gasteiger partial charge on any atom is -0.478 e. The predicted molar refractivity (Wildman–Crippen MR) is 80.1 cm³/mol. The van der Waals surface area contributed by atoms with Crippen LogP contribution in [0.15, 0.2) is 23.1 Å². The monoisotopic (exact) mass is 411 g/mol. The van der Waals surface area contributed by atoms with E-state index in [4.69, 9.17) is 5.11 Å². The number of halogens is 1. The van der Waals surface area contributed by atoms with Crippen molar-refractivity contribution in [1.29, 1.82) is 0 Å². The van der Waals surface area contributed by atoms with Crippen LogP contribution in [0.4, 0.5) is 0 Å². The van der Waals surface area contributed by atoms with Crippen LogP contribution in [0.3, 0.4) is 0 Å². The number of sulfonamides is 1. The number of aliphatic hydroxyl groups excluding tert-OH is 1. The van der Waals surface area contributed by atoms with E-state index in [2.05, 4.69) is 0 Å². The van der Waals surface area contributed by atoms with Crippen LogP contribution in [-0.2, 0) is 10.0 Å². The molecule has 8 heteroatoms. The minimum absolute atomic E-state index is 0.0357. The average Bonchev–Trinajstić information content (AvgIpc) is 2.87. The van der Waals surface area contributed by atoms with Crippen molar-refractivity contribution in [2.75, 3.05) is 13.2 Å². The van der Waals surface area contributed by atoms with Gasteiger partial charge in [-0.2, -0.15) is 4.31 Å². The topological polar surface area (TPSA) is 94.9 Å². The molecule has 0 radical (unpaired) electrons. The van der Waals surface area contributed by atoms with Crippen LogP contribution in [0, 0.1) is 3.57 Å². The second kappa shape index (κ2) is 5.96. The molecule has 1 aliphatic heterocycles. The summed E-state index contributed by atoms with van der Waals surface area (Å²) in [5.74, 6) is -1.16. The Morgan fingerprint density at radius 3 is 2.75 bits per heavy atom. The first kappa shape index (κ1) is 15.7. The fourth-order valence-electron chi connectivity index (χ4n) is 2.27. The Labute approximate surface area is 130 Å². The Bertz CT molecular complexity index is 631. The molecule has 1 aliphatic rings. The largest absolute Gasteiger partial charge is 0.478 e. The zero-order chi connectivity index (χ0) is 14.9. The molecule has 0 aliphatic carbocycles. The van der Waals surface area contributed by atoms with Gasteiger partial charge in [0.1, 0.15) is 0 Å². The molecular weight excluding hydrogens is 397 g/mol. The Hall–Kier alpha value is -0.710. The first-order chi connectivity index (χ1) is 9.37. The van der Waals surface area contributed by atoms with Gasteiger partial charge in [-0.15, -0.1) is 0 Å². The van der Waals surface area contributed by atoms with Gasteiger partial charge in [0.05, 0.1) is 17.1 Å². The van der Waals surface area contributed by atoms with E-state index >= 15 is 0 Å². The number of rotatable bonds is 4. The number of aromatic carboxylic acids is 1. The molecule has 1 saturated heterocycles. The van der Waals surface area contributed by atoms with E-state index in [9.17, 15) is 18.3 Å². The molecule has 1 heterocycles. The zero-order valence-electron chi connectivity index (χ0n) is 10.5. The van der Waals surface area contributed by atoms with Crippen molar-refractivity contribution in [2.24, 2.45) is 0 Å². The SMILES string of the molecule is O=C(O)c1cc(S(=O)(=O)N2CCCC2CO)ccc1I. The van der Waals surface area contributed by atoms with Crippen LogP contribution in [0.2, 0.25) is 0 Å². The van der Waals surface area contributed by atoms with Crippen LogP contribution in [0.1, 0.15) is 23.2 Å². The minimum atomic E-state index is -3.77. The average molecular weight is 411 g/mol. The third-order valence-electron chi connectivity index (χ3n) is 3.31. The lowest BCUT2D eigenvalue weighted by Gasteiger charge is -2.22. The fraction of sp³-hybridized carbons (Fsp3) is 0.417. The maximum absolute atomic E-state index is 12.5. The summed E-state index contributed by atoms with van der Waals surface area (Å²) >= 11 is 1.85. The number of hydrogen-bond donors (Lipinski definition) is 2. The van der Waals surface area contributed by atoms with Gasteiger partial charge in [0.2, 0.25) is 10.0 Å². The van der Waals surface area contributed by atoms with Crippen LogP contribution < -0.4 is 0 Å². The third-order valence-corrected chi connectivity index (χ3v) is 6.20. The summed E-state index contributed by atoms with van der Waals surface area (Å²) in [5, 5.41) is 18.3. The smallest absolute Gasteiger partial charge is 0.336 e. The molecule has 0 bridgehead atoms. The number of carbonyl (C=O) groups is 1. The Morgan fingerprint density at radius 2 is 2.15 bits per heavy atom. The molecule has 0 amide bonds. The van der Waals surface area contributed by atoms with Crippen LogP contribution in [0.5, 0.6) is 0 Å². The number of hydrogen-bond acceptors (Lipinski definition) is 4. The summed E-state index contributed by atoms with van der Waals surface area (Å²) in [6.07, 6.45) is 1.31. The van der Waals surface area contributed by atoms with E-state index in [0.29, 0.717) is 23.0 Å². The molecule has 1 aromatic carbocycles. The summed E-state index contributed by atoms with van der Waals surface area (Å²) in [6, 6.07) is 3.62. The van der Waals surface area contributed by atoms with Gasteiger partial charge in [-0.05, 0) is 53.6 Å². The van der Waals surface area contributed by atoms with Crippen molar-refractivity contribution in [2.45, 2.75) is 23.8 Å². The number of benzene rings is 1. The molecule has 0 aromatic heterocycles. The lowest BCUT2D eigenvalue weighted by Crippen LogP contribution is -2.37. The quantitative estimate of drug-likeness (QED) is 0.725. The summed E-state index contributed by atoms with van der Waals surface area (Å²) in [4.78, 5) is 11.0. The summed E-state index contributed by atoms with van der Waals surface area (Å²) in [6.45, 7) is 0.122. The maximum atomic E-state index is 12.5. The van der Waals surface area contributed by atoms with Crippen molar-refractivity contribution < 1.29 is 23.4 Å². The van der Waals surface area contributed by atoms with Crippen molar-refractivity contribution in [3.05, 3.63) is 27.3 Å². The highest BCUT2D eigenvalue weighted by Crippen LogP contribution is 2.27. The second-order valence-corrected chi connectivity index (χ2v) is 7.59. The third kappa shape index (κ3) is 2.83.